The Morgan fingerprint density at radius 3 is 2.40 bits per heavy atom. The molecule has 1 saturated heterocycles. The first-order valence-electron chi connectivity index (χ1n) is 9.50. The standard InChI is InChI=1S/C20H30N2O3/c23-16-18-5-3-17(4-6-18)7-10-21-19(24)15-20(8-1-2-9-20)22-11-13-25-14-12-22/h3-6,23H,1-2,7-16H2,(H,21,24). The van der Waals surface area contributed by atoms with Crippen molar-refractivity contribution < 1.29 is 14.6 Å². The first-order chi connectivity index (χ1) is 12.2. The lowest BCUT2D eigenvalue weighted by atomic mass is 9.90. The van der Waals surface area contributed by atoms with E-state index in [4.69, 9.17) is 9.84 Å². The molecule has 138 valence electrons. The molecule has 0 bridgehead atoms. The third kappa shape index (κ3) is 4.81. The number of benzene rings is 1. The van der Waals surface area contributed by atoms with Gasteiger partial charge in [-0.2, -0.15) is 0 Å². The van der Waals surface area contributed by atoms with Crippen LogP contribution in [0.3, 0.4) is 0 Å². The Hall–Kier alpha value is -1.43. The zero-order valence-corrected chi connectivity index (χ0v) is 15.0. The van der Waals surface area contributed by atoms with Crippen molar-refractivity contribution in [1.29, 1.82) is 0 Å². The summed E-state index contributed by atoms with van der Waals surface area (Å²) >= 11 is 0. The first-order valence-corrected chi connectivity index (χ1v) is 9.50. The maximum Gasteiger partial charge on any atom is 0.221 e. The van der Waals surface area contributed by atoms with Crippen LogP contribution in [0.1, 0.15) is 43.2 Å². The van der Waals surface area contributed by atoms with Gasteiger partial charge in [-0.05, 0) is 30.4 Å². The van der Waals surface area contributed by atoms with E-state index in [9.17, 15) is 4.79 Å². The molecule has 0 atom stereocenters. The SMILES string of the molecule is O=C(CC1(N2CCOCC2)CCCC1)NCCc1ccc(CO)cc1. The predicted octanol–water partition coefficient (Wildman–Crippen LogP) is 1.87. The highest BCUT2D eigenvalue weighted by Crippen LogP contribution is 2.38. The average molecular weight is 346 g/mol. The van der Waals surface area contributed by atoms with Gasteiger partial charge in [0.25, 0.3) is 0 Å². The van der Waals surface area contributed by atoms with Gasteiger partial charge in [0.05, 0.1) is 19.8 Å². The van der Waals surface area contributed by atoms with Gasteiger partial charge >= 0.3 is 0 Å². The van der Waals surface area contributed by atoms with Gasteiger partial charge in [0.1, 0.15) is 0 Å². The van der Waals surface area contributed by atoms with Crippen LogP contribution in [-0.4, -0.2) is 54.3 Å². The van der Waals surface area contributed by atoms with Crippen LogP contribution in [0.15, 0.2) is 24.3 Å². The van der Waals surface area contributed by atoms with Crippen LogP contribution in [0, 0.1) is 0 Å². The average Bonchev–Trinajstić information content (AvgIpc) is 3.12. The van der Waals surface area contributed by atoms with Gasteiger partial charge in [-0.15, -0.1) is 0 Å². The third-order valence-electron chi connectivity index (χ3n) is 5.65. The second kappa shape index (κ2) is 8.79. The third-order valence-corrected chi connectivity index (χ3v) is 5.65. The van der Waals surface area contributed by atoms with Gasteiger partial charge in [-0.3, -0.25) is 9.69 Å². The minimum Gasteiger partial charge on any atom is -0.392 e. The van der Waals surface area contributed by atoms with E-state index in [1.54, 1.807) is 0 Å². The molecule has 1 heterocycles. The lowest BCUT2D eigenvalue weighted by Gasteiger charge is -2.43. The molecule has 1 aliphatic heterocycles. The molecule has 3 rings (SSSR count). The number of aliphatic hydroxyl groups is 1. The molecule has 1 saturated carbocycles. The minimum atomic E-state index is 0.0522. The number of carbonyl (C=O) groups is 1. The molecule has 5 nitrogen and oxygen atoms in total. The van der Waals surface area contributed by atoms with E-state index in [-0.39, 0.29) is 18.1 Å². The molecule has 2 aliphatic rings. The molecule has 0 aromatic heterocycles. The molecule has 1 aromatic rings. The number of hydrogen-bond donors (Lipinski definition) is 2. The van der Waals surface area contributed by atoms with Crippen LogP contribution in [0.4, 0.5) is 0 Å². The summed E-state index contributed by atoms with van der Waals surface area (Å²) in [5, 5.41) is 12.2. The van der Waals surface area contributed by atoms with Gasteiger partial charge in [-0.1, -0.05) is 37.1 Å². The minimum absolute atomic E-state index is 0.0522. The fraction of sp³-hybridized carbons (Fsp3) is 0.650. The summed E-state index contributed by atoms with van der Waals surface area (Å²) in [6.45, 7) is 4.20. The summed E-state index contributed by atoms with van der Waals surface area (Å²) in [7, 11) is 0. The number of rotatable bonds is 7. The summed E-state index contributed by atoms with van der Waals surface area (Å²) in [6.07, 6.45) is 6.13. The molecule has 0 unspecified atom stereocenters. The fourth-order valence-electron chi connectivity index (χ4n) is 4.19. The summed E-state index contributed by atoms with van der Waals surface area (Å²) in [6, 6.07) is 7.90. The smallest absolute Gasteiger partial charge is 0.221 e. The van der Waals surface area contributed by atoms with Gasteiger partial charge in [0, 0.05) is 31.6 Å². The number of ether oxygens (including phenoxy) is 1. The summed E-state index contributed by atoms with van der Waals surface area (Å²) in [4.78, 5) is 15.0. The molecule has 1 aliphatic carbocycles. The lowest BCUT2D eigenvalue weighted by molar-refractivity contribution is -0.125. The second-order valence-electron chi connectivity index (χ2n) is 7.28. The molecule has 2 N–H and O–H groups in total. The van der Waals surface area contributed by atoms with Crippen molar-refractivity contribution in [3.63, 3.8) is 0 Å². The molecule has 2 fully saturated rings. The number of nitrogens with zero attached hydrogens (tertiary/aromatic N) is 1. The van der Waals surface area contributed by atoms with Gasteiger partial charge in [0.15, 0.2) is 0 Å². The molecule has 5 heteroatoms. The number of amides is 1. The molecule has 0 radical (unpaired) electrons. The quantitative estimate of drug-likeness (QED) is 0.791. The molecule has 1 amide bonds. The number of morpholine rings is 1. The molecule has 0 spiro atoms. The summed E-state index contributed by atoms with van der Waals surface area (Å²) in [5.74, 6) is 0.167. The van der Waals surface area contributed by atoms with Crippen molar-refractivity contribution in [2.75, 3.05) is 32.8 Å². The van der Waals surface area contributed by atoms with Gasteiger partial charge in [0.2, 0.25) is 5.91 Å². The van der Waals surface area contributed by atoms with Crippen molar-refractivity contribution in [3.8, 4) is 0 Å². The van der Waals surface area contributed by atoms with Gasteiger partial charge in [-0.25, -0.2) is 0 Å². The summed E-state index contributed by atoms with van der Waals surface area (Å²) in [5.41, 5.74) is 2.15. The Balaban J connectivity index is 1.48. The van der Waals surface area contributed by atoms with E-state index in [0.29, 0.717) is 13.0 Å². The Morgan fingerprint density at radius 2 is 1.76 bits per heavy atom. The number of aliphatic hydroxyl groups excluding tert-OH is 1. The van der Waals surface area contributed by atoms with Crippen LogP contribution in [0.25, 0.3) is 0 Å². The summed E-state index contributed by atoms with van der Waals surface area (Å²) < 4.78 is 5.48. The molecule has 25 heavy (non-hydrogen) atoms. The van der Waals surface area contributed by atoms with Crippen LogP contribution in [-0.2, 0) is 22.6 Å². The highest BCUT2D eigenvalue weighted by Gasteiger charge is 2.41. The zero-order chi connectivity index (χ0) is 17.5. The molecular formula is C20H30N2O3. The molecular weight excluding hydrogens is 316 g/mol. The van der Waals surface area contributed by atoms with Crippen molar-refractivity contribution in [1.82, 2.24) is 10.2 Å². The van der Waals surface area contributed by atoms with E-state index < -0.39 is 0 Å². The first kappa shape index (κ1) is 18.4. The Kier molecular flexibility index (Phi) is 6.45. The number of hydrogen-bond acceptors (Lipinski definition) is 4. The maximum atomic E-state index is 12.5. The second-order valence-corrected chi connectivity index (χ2v) is 7.28. The van der Waals surface area contributed by atoms with Crippen LogP contribution >= 0.6 is 0 Å². The Labute approximate surface area is 150 Å². The van der Waals surface area contributed by atoms with Crippen LogP contribution in [0.5, 0.6) is 0 Å². The van der Waals surface area contributed by atoms with Gasteiger partial charge < -0.3 is 15.2 Å². The largest absolute Gasteiger partial charge is 0.392 e. The highest BCUT2D eigenvalue weighted by molar-refractivity contribution is 5.77. The fourth-order valence-corrected chi connectivity index (χ4v) is 4.19. The van der Waals surface area contributed by atoms with E-state index in [0.717, 1.165) is 51.1 Å². The van der Waals surface area contributed by atoms with Crippen molar-refractivity contribution >= 4 is 5.91 Å². The van der Waals surface area contributed by atoms with E-state index in [1.165, 1.54) is 18.4 Å². The van der Waals surface area contributed by atoms with Crippen LogP contribution < -0.4 is 5.32 Å². The van der Waals surface area contributed by atoms with E-state index in [1.807, 2.05) is 24.3 Å². The monoisotopic (exact) mass is 346 g/mol. The van der Waals surface area contributed by atoms with Crippen molar-refractivity contribution in [3.05, 3.63) is 35.4 Å². The Morgan fingerprint density at radius 1 is 1.12 bits per heavy atom. The maximum absolute atomic E-state index is 12.5. The van der Waals surface area contributed by atoms with E-state index >= 15 is 0 Å². The molecule has 1 aromatic carbocycles. The topological polar surface area (TPSA) is 61.8 Å². The van der Waals surface area contributed by atoms with Crippen molar-refractivity contribution in [2.45, 2.75) is 50.7 Å². The van der Waals surface area contributed by atoms with Crippen molar-refractivity contribution in [2.24, 2.45) is 0 Å². The Bertz CT molecular complexity index is 547. The number of carbonyl (C=O) groups excluding carboxylic acids is 1. The predicted molar refractivity (Wildman–Crippen MR) is 97.3 cm³/mol. The zero-order valence-electron chi connectivity index (χ0n) is 15.0. The normalized spacial score (nSPS) is 20.5. The van der Waals surface area contributed by atoms with E-state index in [2.05, 4.69) is 10.2 Å². The van der Waals surface area contributed by atoms with Crippen LogP contribution in [0.2, 0.25) is 0 Å². The number of nitrogens with one attached hydrogen (secondary N) is 1. The highest BCUT2D eigenvalue weighted by atomic mass is 16.5. The lowest BCUT2D eigenvalue weighted by Crippen LogP contribution is -2.54.